The van der Waals surface area contributed by atoms with Crippen molar-refractivity contribution in [2.75, 3.05) is 18.2 Å². The number of nitrogens with zero attached hydrogens (tertiary/aromatic N) is 3. The number of thioether (sulfide) groups is 1. The van der Waals surface area contributed by atoms with E-state index in [0.717, 1.165) is 28.1 Å². The lowest BCUT2D eigenvalue weighted by Crippen LogP contribution is -2.24. The van der Waals surface area contributed by atoms with Crippen molar-refractivity contribution in [3.63, 3.8) is 0 Å². The Labute approximate surface area is 220 Å². The quantitative estimate of drug-likeness (QED) is 0.309. The number of rotatable bonds is 9. The summed E-state index contributed by atoms with van der Waals surface area (Å²) in [7, 11) is 1.58. The first-order chi connectivity index (χ1) is 17.9. The lowest BCUT2D eigenvalue weighted by atomic mass is 10.1. The Morgan fingerprint density at radius 3 is 2.46 bits per heavy atom. The van der Waals surface area contributed by atoms with E-state index in [2.05, 4.69) is 20.8 Å². The number of methoxy groups -OCH3 is 1. The second-order valence-corrected chi connectivity index (χ2v) is 9.51. The molecular weight excluding hydrogens is 486 g/mol. The zero-order valence-corrected chi connectivity index (χ0v) is 22.1. The van der Waals surface area contributed by atoms with Crippen LogP contribution < -0.4 is 15.4 Å². The number of benzene rings is 3. The molecular formula is C28H29N5O3S. The van der Waals surface area contributed by atoms with Crippen molar-refractivity contribution in [1.82, 2.24) is 20.1 Å². The first-order valence-electron chi connectivity index (χ1n) is 11.8. The molecule has 3 aromatic carbocycles. The van der Waals surface area contributed by atoms with Gasteiger partial charge in [0.2, 0.25) is 5.91 Å². The molecule has 0 atom stereocenters. The van der Waals surface area contributed by atoms with Crippen LogP contribution in [0.3, 0.4) is 0 Å². The second-order valence-electron chi connectivity index (χ2n) is 8.57. The van der Waals surface area contributed by atoms with E-state index in [0.29, 0.717) is 22.3 Å². The van der Waals surface area contributed by atoms with Crippen LogP contribution in [0.2, 0.25) is 0 Å². The lowest BCUT2D eigenvalue weighted by molar-refractivity contribution is -0.113. The van der Waals surface area contributed by atoms with E-state index < -0.39 is 0 Å². The number of aryl methyl sites for hydroxylation is 2. The van der Waals surface area contributed by atoms with Crippen molar-refractivity contribution in [2.45, 2.75) is 32.5 Å². The Balaban J connectivity index is 1.53. The molecule has 4 aromatic rings. The number of hydrogen-bond donors (Lipinski definition) is 2. The highest BCUT2D eigenvalue weighted by Gasteiger charge is 2.19. The summed E-state index contributed by atoms with van der Waals surface area (Å²) < 4.78 is 7.06. The average Bonchev–Trinajstić information content (AvgIpc) is 3.30. The second kappa shape index (κ2) is 11.7. The summed E-state index contributed by atoms with van der Waals surface area (Å²) in [5.41, 5.74) is 5.43. The van der Waals surface area contributed by atoms with Gasteiger partial charge in [0.25, 0.3) is 5.91 Å². The van der Waals surface area contributed by atoms with E-state index in [-0.39, 0.29) is 24.1 Å². The van der Waals surface area contributed by atoms with E-state index in [9.17, 15) is 9.59 Å². The number of anilines is 1. The van der Waals surface area contributed by atoms with Gasteiger partial charge >= 0.3 is 0 Å². The molecule has 8 nitrogen and oxygen atoms in total. The molecule has 190 valence electrons. The third-order valence-corrected chi connectivity index (χ3v) is 6.84. The van der Waals surface area contributed by atoms with Crippen LogP contribution in [0, 0.1) is 20.8 Å². The van der Waals surface area contributed by atoms with Crippen molar-refractivity contribution in [3.05, 3.63) is 94.8 Å². The standard InChI is InChI=1S/C28H29N5O3S/c1-18-7-5-9-22(15-18)30-26(34)17-37-28-32-31-25(33(28)24-10-6-8-19(2)20(24)3)16-29-27(35)21-11-13-23(36-4)14-12-21/h5-15H,16-17H2,1-4H3,(H,29,35)(H,30,34). The van der Waals surface area contributed by atoms with Crippen LogP contribution in [0.4, 0.5) is 5.69 Å². The maximum Gasteiger partial charge on any atom is 0.251 e. The van der Waals surface area contributed by atoms with Crippen LogP contribution in [0.5, 0.6) is 5.75 Å². The van der Waals surface area contributed by atoms with Crippen LogP contribution in [-0.4, -0.2) is 39.4 Å². The SMILES string of the molecule is COc1ccc(C(=O)NCc2nnc(SCC(=O)Nc3cccc(C)c3)n2-c2cccc(C)c2C)cc1. The monoisotopic (exact) mass is 515 g/mol. The van der Waals surface area contributed by atoms with Gasteiger partial charge in [0.1, 0.15) is 5.75 Å². The molecule has 0 saturated carbocycles. The molecule has 0 bridgehead atoms. The highest BCUT2D eigenvalue weighted by atomic mass is 32.2. The number of nitrogens with one attached hydrogen (secondary N) is 2. The third kappa shape index (κ3) is 6.37. The molecule has 0 unspecified atom stereocenters. The maximum absolute atomic E-state index is 12.7. The maximum atomic E-state index is 12.7. The van der Waals surface area contributed by atoms with Gasteiger partial charge in [0.15, 0.2) is 11.0 Å². The number of hydrogen-bond acceptors (Lipinski definition) is 6. The number of ether oxygens (including phenoxy) is 1. The molecule has 0 aliphatic heterocycles. The van der Waals surface area contributed by atoms with E-state index in [1.165, 1.54) is 11.8 Å². The fourth-order valence-electron chi connectivity index (χ4n) is 3.78. The van der Waals surface area contributed by atoms with Crippen LogP contribution in [-0.2, 0) is 11.3 Å². The van der Waals surface area contributed by atoms with Crippen LogP contribution >= 0.6 is 11.8 Å². The zero-order valence-electron chi connectivity index (χ0n) is 21.2. The molecule has 0 fully saturated rings. The van der Waals surface area contributed by atoms with E-state index in [1.807, 2.05) is 67.8 Å². The third-order valence-electron chi connectivity index (χ3n) is 5.91. The summed E-state index contributed by atoms with van der Waals surface area (Å²) in [6.07, 6.45) is 0. The molecule has 2 amide bonds. The Kier molecular flexibility index (Phi) is 8.25. The van der Waals surface area contributed by atoms with Gasteiger partial charge in [0, 0.05) is 11.3 Å². The van der Waals surface area contributed by atoms with E-state index in [4.69, 9.17) is 4.74 Å². The fourth-order valence-corrected chi connectivity index (χ4v) is 4.55. The topological polar surface area (TPSA) is 98.1 Å². The number of aromatic nitrogens is 3. The largest absolute Gasteiger partial charge is 0.497 e. The minimum absolute atomic E-state index is 0.138. The molecule has 0 aliphatic rings. The normalized spacial score (nSPS) is 10.7. The number of carbonyl (C=O) groups excluding carboxylic acids is 2. The number of amides is 2. The molecule has 0 aliphatic carbocycles. The Bertz CT molecular complexity index is 1420. The van der Waals surface area contributed by atoms with Crippen LogP contribution in [0.1, 0.15) is 32.9 Å². The van der Waals surface area contributed by atoms with Crippen molar-refractivity contribution in [1.29, 1.82) is 0 Å². The molecule has 37 heavy (non-hydrogen) atoms. The van der Waals surface area contributed by atoms with Gasteiger partial charge in [-0.3, -0.25) is 14.2 Å². The molecule has 1 heterocycles. The predicted molar refractivity (Wildman–Crippen MR) is 146 cm³/mol. The first-order valence-corrected chi connectivity index (χ1v) is 12.8. The van der Waals surface area contributed by atoms with E-state index in [1.54, 1.807) is 31.4 Å². The van der Waals surface area contributed by atoms with Gasteiger partial charge in [-0.05, 0) is 79.9 Å². The Hall–Kier alpha value is -4.11. The fraction of sp³-hybridized carbons (Fsp3) is 0.214. The summed E-state index contributed by atoms with van der Waals surface area (Å²) in [6, 6.07) is 20.5. The molecule has 1 aromatic heterocycles. The highest BCUT2D eigenvalue weighted by molar-refractivity contribution is 7.99. The lowest BCUT2D eigenvalue weighted by Gasteiger charge is -2.15. The Morgan fingerprint density at radius 1 is 0.973 bits per heavy atom. The van der Waals surface area contributed by atoms with Gasteiger partial charge in [-0.2, -0.15) is 0 Å². The van der Waals surface area contributed by atoms with Crippen molar-refractivity contribution >= 4 is 29.3 Å². The molecule has 0 saturated heterocycles. The van der Waals surface area contributed by atoms with Gasteiger partial charge < -0.3 is 15.4 Å². The van der Waals surface area contributed by atoms with Gasteiger partial charge in [0.05, 0.1) is 25.1 Å². The van der Waals surface area contributed by atoms with Crippen LogP contribution in [0.15, 0.2) is 71.9 Å². The first kappa shape index (κ1) is 26.0. The summed E-state index contributed by atoms with van der Waals surface area (Å²) in [6.45, 7) is 6.22. The molecule has 0 spiro atoms. The average molecular weight is 516 g/mol. The Morgan fingerprint density at radius 2 is 1.73 bits per heavy atom. The van der Waals surface area contributed by atoms with Gasteiger partial charge in [-0.25, -0.2) is 0 Å². The van der Waals surface area contributed by atoms with Crippen molar-refractivity contribution < 1.29 is 14.3 Å². The summed E-state index contributed by atoms with van der Waals surface area (Å²) in [5.74, 6) is 1.04. The van der Waals surface area contributed by atoms with Crippen molar-refractivity contribution in [2.24, 2.45) is 0 Å². The minimum atomic E-state index is -0.232. The summed E-state index contributed by atoms with van der Waals surface area (Å²) in [5, 5.41) is 15.1. The summed E-state index contributed by atoms with van der Waals surface area (Å²) in [4.78, 5) is 25.4. The molecule has 9 heteroatoms. The minimum Gasteiger partial charge on any atom is -0.497 e. The zero-order chi connectivity index (χ0) is 26.4. The summed E-state index contributed by atoms with van der Waals surface area (Å²) >= 11 is 1.29. The predicted octanol–water partition coefficient (Wildman–Crippen LogP) is 4.86. The van der Waals surface area contributed by atoms with Gasteiger partial charge in [-0.1, -0.05) is 36.0 Å². The molecule has 4 rings (SSSR count). The van der Waals surface area contributed by atoms with Crippen molar-refractivity contribution in [3.8, 4) is 11.4 Å². The molecule has 2 N–H and O–H groups in total. The van der Waals surface area contributed by atoms with E-state index >= 15 is 0 Å². The highest BCUT2D eigenvalue weighted by Crippen LogP contribution is 2.26. The smallest absolute Gasteiger partial charge is 0.251 e. The molecule has 0 radical (unpaired) electrons. The number of carbonyl (C=O) groups is 2. The van der Waals surface area contributed by atoms with Crippen LogP contribution in [0.25, 0.3) is 5.69 Å². The van der Waals surface area contributed by atoms with Gasteiger partial charge in [-0.15, -0.1) is 10.2 Å².